The minimum atomic E-state index is -0.504. The van der Waals surface area contributed by atoms with Crippen LogP contribution in [0.25, 0.3) is 17.0 Å². The molecule has 0 aliphatic carbocycles. The van der Waals surface area contributed by atoms with Crippen molar-refractivity contribution >= 4 is 22.9 Å². The van der Waals surface area contributed by atoms with Crippen LogP contribution < -0.4 is 5.32 Å². The summed E-state index contributed by atoms with van der Waals surface area (Å²) >= 11 is 5.69. The van der Waals surface area contributed by atoms with Crippen molar-refractivity contribution in [2.75, 3.05) is 0 Å². The summed E-state index contributed by atoms with van der Waals surface area (Å²) < 4.78 is 33.5. The number of hydrogen-bond acceptors (Lipinski definition) is 4. The molecule has 1 aliphatic rings. The van der Waals surface area contributed by atoms with E-state index in [1.54, 1.807) is 18.2 Å². The Kier molecular flexibility index (Phi) is 5.90. The molecule has 1 atom stereocenters. The van der Waals surface area contributed by atoms with Gasteiger partial charge in [-0.05, 0) is 54.5 Å². The van der Waals surface area contributed by atoms with Gasteiger partial charge in [-0.25, -0.2) is 8.78 Å². The van der Waals surface area contributed by atoms with E-state index in [9.17, 15) is 8.78 Å². The molecule has 5 rings (SSSR count). The molecular weight excluding hydrogens is 454 g/mol. The second-order valence-corrected chi connectivity index (χ2v) is 8.33. The number of allylic oxidation sites excluding steroid dienone is 1. The molecular formula is C26H20F2N4OS. The van der Waals surface area contributed by atoms with E-state index < -0.39 is 11.9 Å². The highest BCUT2D eigenvalue weighted by molar-refractivity contribution is 7.80. The largest absolute Gasteiger partial charge is 0.351 e. The maximum absolute atomic E-state index is 14.1. The number of hydrogen-bond donors (Lipinski definition) is 1. The van der Waals surface area contributed by atoms with Crippen molar-refractivity contribution in [2.24, 2.45) is 0 Å². The van der Waals surface area contributed by atoms with E-state index in [-0.39, 0.29) is 17.5 Å². The monoisotopic (exact) mass is 474 g/mol. The first-order valence-electron chi connectivity index (χ1n) is 10.7. The number of nitrogens with one attached hydrogen (secondary N) is 1. The maximum atomic E-state index is 14.1. The molecule has 1 aliphatic heterocycles. The number of halogens is 2. The molecule has 0 saturated heterocycles. The molecule has 2 heterocycles. The minimum Gasteiger partial charge on any atom is -0.351 e. The normalized spacial score (nSPS) is 16.0. The van der Waals surface area contributed by atoms with Crippen LogP contribution >= 0.6 is 12.2 Å². The Bertz CT molecular complexity index is 1390. The molecule has 5 nitrogen and oxygen atoms in total. The molecule has 1 aromatic heterocycles. The van der Waals surface area contributed by atoms with Crippen LogP contribution in [-0.2, 0) is 6.54 Å². The van der Waals surface area contributed by atoms with Crippen LogP contribution in [0.2, 0.25) is 0 Å². The van der Waals surface area contributed by atoms with Crippen LogP contribution in [0, 0.1) is 11.6 Å². The fourth-order valence-electron chi connectivity index (χ4n) is 4.03. The van der Waals surface area contributed by atoms with Gasteiger partial charge in [0.25, 0.3) is 5.89 Å². The van der Waals surface area contributed by atoms with Crippen molar-refractivity contribution in [3.63, 3.8) is 0 Å². The molecule has 3 aromatic carbocycles. The van der Waals surface area contributed by atoms with Crippen molar-refractivity contribution < 1.29 is 13.3 Å². The van der Waals surface area contributed by atoms with Gasteiger partial charge in [0.15, 0.2) is 5.11 Å². The van der Waals surface area contributed by atoms with Crippen LogP contribution in [0.15, 0.2) is 89.1 Å². The molecule has 0 fully saturated rings. The zero-order valence-corrected chi connectivity index (χ0v) is 19.0. The van der Waals surface area contributed by atoms with E-state index in [1.165, 1.54) is 24.3 Å². The predicted molar refractivity (Wildman–Crippen MR) is 129 cm³/mol. The summed E-state index contributed by atoms with van der Waals surface area (Å²) in [6.07, 6.45) is 0. The fraction of sp³-hybridized carbons (Fsp3) is 0.115. The van der Waals surface area contributed by atoms with Crippen LogP contribution in [-0.4, -0.2) is 20.2 Å². The summed E-state index contributed by atoms with van der Waals surface area (Å²) in [4.78, 5) is 6.50. The fourth-order valence-corrected chi connectivity index (χ4v) is 4.35. The average Bonchev–Trinajstić information content (AvgIpc) is 3.32. The number of benzene rings is 3. The van der Waals surface area contributed by atoms with Crippen molar-refractivity contribution in [3.05, 3.63) is 113 Å². The summed E-state index contributed by atoms with van der Waals surface area (Å²) in [6, 6.07) is 21.7. The van der Waals surface area contributed by atoms with Gasteiger partial charge in [-0.15, -0.1) is 0 Å². The van der Waals surface area contributed by atoms with E-state index in [1.807, 2.05) is 48.2 Å². The van der Waals surface area contributed by atoms with E-state index in [0.717, 1.165) is 11.3 Å². The van der Waals surface area contributed by atoms with E-state index in [4.69, 9.17) is 16.7 Å². The SMILES string of the molecule is CC1=C(c2nc(-c3cccc(F)c3)no2)C(c2cccc(F)c2)NC(=S)N1Cc1ccccc1. The first-order valence-corrected chi connectivity index (χ1v) is 11.1. The second-order valence-electron chi connectivity index (χ2n) is 7.94. The van der Waals surface area contributed by atoms with Gasteiger partial charge < -0.3 is 14.7 Å². The lowest BCUT2D eigenvalue weighted by Crippen LogP contribution is -2.45. The Morgan fingerprint density at radius 1 is 0.971 bits per heavy atom. The van der Waals surface area contributed by atoms with Crippen molar-refractivity contribution in [2.45, 2.75) is 19.5 Å². The molecule has 0 saturated carbocycles. The van der Waals surface area contributed by atoms with Crippen molar-refractivity contribution in [1.29, 1.82) is 0 Å². The Morgan fingerprint density at radius 2 is 1.71 bits per heavy atom. The predicted octanol–water partition coefficient (Wildman–Crippen LogP) is 5.88. The molecule has 0 amide bonds. The zero-order valence-electron chi connectivity index (χ0n) is 18.2. The minimum absolute atomic E-state index is 0.249. The lowest BCUT2D eigenvalue weighted by molar-refractivity contribution is 0.396. The molecule has 4 aromatic rings. The molecule has 1 N–H and O–H groups in total. The lowest BCUT2D eigenvalue weighted by atomic mass is 9.94. The van der Waals surface area contributed by atoms with Gasteiger partial charge in [0.05, 0.1) is 11.6 Å². The molecule has 0 spiro atoms. The van der Waals surface area contributed by atoms with Crippen LogP contribution in [0.3, 0.4) is 0 Å². The number of nitrogens with zero attached hydrogens (tertiary/aromatic N) is 3. The van der Waals surface area contributed by atoms with Gasteiger partial charge in [0.1, 0.15) is 11.6 Å². The standard InChI is InChI=1S/C26H20F2N4OS/c1-16-22(25-30-24(31-33-25)19-10-6-12-21(28)14-19)23(18-9-5-11-20(27)13-18)29-26(34)32(16)15-17-7-3-2-4-8-17/h2-14,23H,15H2,1H3,(H,29,34). The van der Waals surface area contributed by atoms with Crippen LogP contribution in [0.4, 0.5) is 8.78 Å². The zero-order chi connectivity index (χ0) is 23.7. The summed E-state index contributed by atoms with van der Waals surface area (Å²) in [7, 11) is 0. The molecule has 8 heteroatoms. The smallest absolute Gasteiger partial charge is 0.258 e. The first kappa shape index (κ1) is 21.9. The van der Waals surface area contributed by atoms with E-state index in [2.05, 4.69) is 15.5 Å². The highest BCUT2D eigenvalue weighted by Gasteiger charge is 2.34. The van der Waals surface area contributed by atoms with Crippen LogP contribution in [0.1, 0.15) is 30.0 Å². The summed E-state index contributed by atoms with van der Waals surface area (Å²) in [5.74, 6) is -0.245. The molecule has 0 bridgehead atoms. The Labute approximate surface area is 200 Å². The number of rotatable bonds is 5. The number of thiocarbonyl (C=S) groups is 1. The first-order chi connectivity index (χ1) is 16.5. The van der Waals surface area contributed by atoms with Gasteiger partial charge in [0, 0.05) is 17.8 Å². The third-order valence-electron chi connectivity index (χ3n) is 5.70. The Balaban J connectivity index is 1.61. The van der Waals surface area contributed by atoms with Gasteiger partial charge in [-0.2, -0.15) is 4.98 Å². The topological polar surface area (TPSA) is 54.2 Å². The van der Waals surface area contributed by atoms with E-state index >= 15 is 0 Å². The number of aromatic nitrogens is 2. The molecule has 170 valence electrons. The van der Waals surface area contributed by atoms with Gasteiger partial charge in [0.2, 0.25) is 5.82 Å². The summed E-state index contributed by atoms with van der Waals surface area (Å²) in [5, 5.41) is 7.89. The van der Waals surface area contributed by atoms with Gasteiger partial charge in [-0.3, -0.25) is 0 Å². The van der Waals surface area contributed by atoms with Crippen molar-refractivity contribution in [3.8, 4) is 11.4 Å². The van der Waals surface area contributed by atoms with Crippen LogP contribution in [0.5, 0.6) is 0 Å². The Hall–Kier alpha value is -3.91. The molecule has 1 unspecified atom stereocenters. The van der Waals surface area contributed by atoms with Crippen molar-refractivity contribution in [1.82, 2.24) is 20.4 Å². The van der Waals surface area contributed by atoms with Gasteiger partial charge >= 0.3 is 0 Å². The lowest BCUT2D eigenvalue weighted by Gasteiger charge is -2.37. The quantitative estimate of drug-likeness (QED) is 0.365. The summed E-state index contributed by atoms with van der Waals surface area (Å²) in [6.45, 7) is 2.45. The van der Waals surface area contributed by atoms with E-state index in [0.29, 0.717) is 28.4 Å². The van der Waals surface area contributed by atoms with Gasteiger partial charge in [-0.1, -0.05) is 59.8 Å². The second kappa shape index (κ2) is 9.15. The third kappa shape index (κ3) is 4.32. The summed E-state index contributed by atoms with van der Waals surface area (Å²) in [5.41, 5.74) is 3.71. The Morgan fingerprint density at radius 3 is 2.44 bits per heavy atom. The molecule has 0 radical (unpaired) electrons. The maximum Gasteiger partial charge on any atom is 0.258 e. The molecule has 34 heavy (non-hydrogen) atoms. The average molecular weight is 475 g/mol. The third-order valence-corrected chi connectivity index (χ3v) is 6.04. The highest BCUT2D eigenvalue weighted by atomic mass is 32.1. The highest BCUT2D eigenvalue weighted by Crippen LogP contribution is 2.38.